The van der Waals surface area contributed by atoms with Gasteiger partial charge in [0.25, 0.3) is 5.91 Å². The molecule has 0 spiro atoms. The number of urea groups is 1. The third-order valence-electron chi connectivity index (χ3n) is 4.86. The lowest BCUT2D eigenvalue weighted by atomic mass is 10.00. The van der Waals surface area contributed by atoms with E-state index in [-0.39, 0.29) is 25.1 Å². The molecule has 0 radical (unpaired) electrons. The predicted octanol–water partition coefficient (Wildman–Crippen LogP) is 0.447. The zero-order valence-electron chi connectivity index (χ0n) is 18.0. The van der Waals surface area contributed by atoms with E-state index in [1.54, 1.807) is 38.3 Å². The van der Waals surface area contributed by atoms with Crippen LogP contribution in [0.2, 0.25) is 0 Å². The molecular formula is C21H31N4O5+. The molecule has 1 aliphatic rings. The van der Waals surface area contributed by atoms with Gasteiger partial charge in [-0.05, 0) is 44.5 Å². The number of nitrogens with one attached hydrogen (secondary N) is 4. The van der Waals surface area contributed by atoms with Crippen molar-refractivity contribution in [1.29, 1.82) is 0 Å². The maximum absolute atomic E-state index is 12.5. The molecule has 4 N–H and O–H groups in total. The number of likely N-dealkylation sites (N-methyl/N-ethyl adjacent to an activating group) is 1. The topological polar surface area (TPSA) is 110 Å². The summed E-state index contributed by atoms with van der Waals surface area (Å²) in [5.74, 6) is 0.0898. The van der Waals surface area contributed by atoms with E-state index >= 15 is 0 Å². The second-order valence-corrected chi connectivity index (χ2v) is 6.91. The molecule has 1 heterocycles. The minimum Gasteiger partial charge on any atom is -0.497 e. The summed E-state index contributed by atoms with van der Waals surface area (Å²) in [6, 6.07) is 6.30. The number of quaternary nitrogens is 1. The standard InChI is InChI=1S/C21H30N4O5/c1-5-16-19(20(27)30-7-3)17(24-21(28)23-16)12-25(6-2)13-18(26)22-14-8-10-15(29-4)11-9-14/h8-11,16H,5-7,12-13H2,1-4H3,(H,22,26)(H2,23,24,28)/p+1/t16-/m1/s1. The highest BCUT2D eigenvalue weighted by Gasteiger charge is 2.33. The van der Waals surface area contributed by atoms with E-state index in [1.807, 2.05) is 13.8 Å². The van der Waals surface area contributed by atoms with Gasteiger partial charge in [0.1, 0.15) is 12.3 Å². The molecule has 0 aromatic heterocycles. The van der Waals surface area contributed by atoms with Gasteiger partial charge in [-0.2, -0.15) is 0 Å². The van der Waals surface area contributed by atoms with Crippen LogP contribution in [0.5, 0.6) is 5.75 Å². The first-order valence-corrected chi connectivity index (χ1v) is 10.2. The molecule has 1 aromatic rings. The summed E-state index contributed by atoms with van der Waals surface area (Å²) in [5, 5.41) is 8.34. The Bertz CT molecular complexity index is 791. The molecule has 164 valence electrons. The van der Waals surface area contributed by atoms with Crippen molar-refractivity contribution in [2.24, 2.45) is 0 Å². The Morgan fingerprint density at radius 2 is 1.87 bits per heavy atom. The summed E-state index contributed by atoms with van der Waals surface area (Å²) < 4.78 is 10.3. The molecule has 9 heteroatoms. The lowest BCUT2D eigenvalue weighted by molar-refractivity contribution is -0.885. The molecule has 30 heavy (non-hydrogen) atoms. The van der Waals surface area contributed by atoms with Crippen molar-refractivity contribution in [2.45, 2.75) is 33.2 Å². The second kappa shape index (κ2) is 11.2. The molecule has 0 saturated carbocycles. The van der Waals surface area contributed by atoms with Gasteiger partial charge in [-0.15, -0.1) is 0 Å². The summed E-state index contributed by atoms with van der Waals surface area (Å²) in [4.78, 5) is 38.0. The maximum Gasteiger partial charge on any atom is 0.338 e. The van der Waals surface area contributed by atoms with Crippen LogP contribution in [0.15, 0.2) is 35.5 Å². The van der Waals surface area contributed by atoms with Gasteiger partial charge in [-0.25, -0.2) is 9.59 Å². The van der Waals surface area contributed by atoms with E-state index in [4.69, 9.17) is 9.47 Å². The number of amides is 3. The Morgan fingerprint density at radius 3 is 2.43 bits per heavy atom. The van der Waals surface area contributed by atoms with Crippen LogP contribution in [0.3, 0.4) is 0 Å². The smallest absolute Gasteiger partial charge is 0.338 e. The fourth-order valence-corrected chi connectivity index (χ4v) is 3.27. The highest BCUT2D eigenvalue weighted by atomic mass is 16.5. The normalized spacial score (nSPS) is 16.9. The highest BCUT2D eigenvalue weighted by Crippen LogP contribution is 2.16. The maximum atomic E-state index is 12.5. The van der Waals surface area contributed by atoms with Crippen LogP contribution in [-0.4, -0.2) is 57.3 Å². The minimum absolute atomic E-state index is 0.164. The number of rotatable bonds is 10. The Balaban J connectivity index is 2.12. The van der Waals surface area contributed by atoms with Crippen LogP contribution < -0.4 is 25.6 Å². The number of anilines is 1. The van der Waals surface area contributed by atoms with Gasteiger partial charge in [0.15, 0.2) is 6.54 Å². The number of esters is 1. The minimum atomic E-state index is -0.454. The Labute approximate surface area is 176 Å². The van der Waals surface area contributed by atoms with Gasteiger partial charge in [-0.1, -0.05) is 6.92 Å². The summed E-state index contributed by atoms with van der Waals surface area (Å²) in [6.45, 7) is 6.96. The molecule has 2 atom stereocenters. The first-order valence-electron chi connectivity index (χ1n) is 10.2. The van der Waals surface area contributed by atoms with Crippen LogP contribution in [0.25, 0.3) is 0 Å². The van der Waals surface area contributed by atoms with Gasteiger partial charge in [0.05, 0.1) is 37.6 Å². The SMILES string of the molecule is CCOC(=O)C1=C(C[NH+](CC)CC(=O)Nc2ccc(OC)cc2)NC(=O)N[C@@H]1CC. The molecule has 1 aromatic carbocycles. The monoisotopic (exact) mass is 419 g/mol. The van der Waals surface area contributed by atoms with Gasteiger partial charge < -0.3 is 30.3 Å². The third-order valence-corrected chi connectivity index (χ3v) is 4.86. The van der Waals surface area contributed by atoms with Crippen molar-refractivity contribution in [3.8, 4) is 5.75 Å². The van der Waals surface area contributed by atoms with Gasteiger partial charge in [0, 0.05) is 5.69 Å². The number of methoxy groups -OCH3 is 1. The van der Waals surface area contributed by atoms with E-state index in [2.05, 4.69) is 16.0 Å². The summed E-state index contributed by atoms with van der Waals surface area (Å²) in [6.07, 6.45) is 0.560. The summed E-state index contributed by atoms with van der Waals surface area (Å²) in [5.41, 5.74) is 1.59. The lowest BCUT2D eigenvalue weighted by Crippen LogP contribution is -3.13. The quantitative estimate of drug-likeness (QED) is 0.412. The van der Waals surface area contributed by atoms with Crippen LogP contribution in [0.1, 0.15) is 27.2 Å². The van der Waals surface area contributed by atoms with Gasteiger partial charge in [-0.3, -0.25) is 4.79 Å². The number of benzene rings is 1. The van der Waals surface area contributed by atoms with Crippen LogP contribution in [0, 0.1) is 0 Å². The zero-order chi connectivity index (χ0) is 22.1. The van der Waals surface area contributed by atoms with Crippen molar-refractivity contribution < 1.29 is 28.8 Å². The van der Waals surface area contributed by atoms with Crippen LogP contribution in [-0.2, 0) is 14.3 Å². The fourth-order valence-electron chi connectivity index (χ4n) is 3.27. The largest absolute Gasteiger partial charge is 0.497 e. The molecule has 1 unspecified atom stereocenters. The number of hydrogen-bond acceptors (Lipinski definition) is 5. The third kappa shape index (κ3) is 6.21. The van der Waals surface area contributed by atoms with E-state index < -0.39 is 12.0 Å². The Kier molecular flexibility index (Phi) is 8.67. The number of carbonyl (C=O) groups excluding carboxylic acids is 3. The van der Waals surface area contributed by atoms with E-state index in [9.17, 15) is 14.4 Å². The molecule has 9 nitrogen and oxygen atoms in total. The zero-order valence-corrected chi connectivity index (χ0v) is 18.0. The van der Waals surface area contributed by atoms with Crippen molar-refractivity contribution in [2.75, 3.05) is 38.7 Å². The Hall–Kier alpha value is -3.07. The highest BCUT2D eigenvalue weighted by molar-refractivity contribution is 5.95. The summed E-state index contributed by atoms with van der Waals surface area (Å²) >= 11 is 0. The van der Waals surface area contributed by atoms with E-state index in [0.29, 0.717) is 42.2 Å². The Morgan fingerprint density at radius 1 is 1.17 bits per heavy atom. The molecular weight excluding hydrogens is 388 g/mol. The lowest BCUT2D eigenvalue weighted by Gasteiger charge is -2.29. The van der Waals surface area contributed by atoms with Crippen LogP contribution >= 0.6 is 0 Å². The number of hydrogen-bond donors (Lipinski definition) is 4. The molecule has 1 aliphatic heterocycles. The first kappa shape index (κ1) is 23.2. The molecule has 0 bridgehead atoms. The molecule has 0 saturated heterocycles. The predicted molar refractivity (Wildman–Crippen MR) is 112 cm³/mol. The molecule has 3 amide bonds. The number of carbonyl (C=O) groups is 3. The van der Waals surface area contributed by atoms with E-state index in [1.165, 1.54) is 0 Å². The van der Waals surface area contributed by atoms with Crippen molar-refractivity contribution in [3.05, 3.63) is 35.5 Å². The summed E-state index contributed by atoms with van der Waals surface area (Å²) in [7, 11) is 1.58. The van der Waals surface area contributed by atoms with Gasteiger partial charge >= 0.3 is 12.0 Å². The van der Waals surface area contributed by atoms with Gasteiger partial charge in [0.2, 0.25) is 0 Å². The number of ether oxygens (including phenoxy) is 2. The molecule has 2 rings (SSSR count). The average molecular weight is 420 g/mol. The molecule has 0 fully saturated rings. The second-order valence-electron chi connectivity index (χ2n) is 6.91. The van der Waals surface area contributed by atoms with E-state index in [0.717, 1.165) is 4.90 Å². The van der Waals surface area contributed by atoms with Crippen LogP contribution in [0.4, 0.5) is 10.5 Å². The average Bonchev–Trinajstić information content (AvgIpc) is 2.73. The molecule has 0 aliphatic carbocycles. The van der Waals surface area contributed by atoms with Crippen molar-refractivity contribution >= 4 is 23.6 Å². The van der Waals surface area contributed by atoms with Crippen molar-refractivity contribution in [3.63, 3.8) is 0 Å². The van der Waals surface area contributed by atoms with Crippen molar-refractivity contribution in [1.82, 2.24) is 10.6 Å². The first-order chi connectivity index (χ1) is 14.4. The fraction of sp³-hybridized carbons (Fsp3) is 0.476.